The highest BCUT2D eigenvalue weighted by Crippen LogP contribution is 2.01. The van der Waals surface area contributed by atoms with Crippen molar-refractivity contribution in [1.82, 2.24) is 9.55 Å². The third-order valence-electron chi connectivity index (χ3n) is 1.78. The number of rotatable bonds is 1. The maximum atomic E-state index is 12.6. The van der Waals surface area contributed by atoms with Gasteiger partial charge in [-0.2, -0.15) is 0 Å². The maximum absolute atomic E-state index is 12.6. The molecule has 70 valence electrons. The molecule has 4 heteroatoms. The lowest BCUT2D eigenvalue weighted by Gasteiger charge is -2.02. The fourth-order valence-electron chi connectivity index (χ4n) is 1.13. The van der Waals surface area contributed by atoms with Crippen LogP contribution >= 0.6 is 0 Å². The molecule has 0 aliphatic heterocycles. The molecule has 2 aromatic rings. The third kappa shape index (κ3) is 1.54. The number of hydrogen-bond donors (Lipinski definition) is 0. The van der Waals surface area contributed by atoms with Gasteiger partial charge in [-0.15, -0.1) is 0 Å². The molecule has 0 spiro atoms. The van der Waals surface area contributed by atoms with Gasteiger partial charge in [-0.05, 0) is 18.2 Å². The molecule has 0 saturated carbocycles. The Labute approximate surface area is 79.5 Å². The van der Waals surface area contributed by atoms with Crippen LogP contribution in [-0.4, -0.2) is 9.55 Å². The van der Waals surface area contributed by atoms with Gasteiger partial charge in [0.25, 0.3) is 5.56 Å². The van der Waals surface area contributed by atoms with Gasteiger partial charge in [0.05, 0.1) is 6.20 Å². The van der Waals surface area contributed by atoms with Crippen molar-refractivity contribution in [2.75, 3.05) is 0 Å². The van der Waals surface area contributed by atoms with Crippen LogP contribution in [0.3, 0.4) is 0 Å². The summed E-state index contributed by atoms with van der Waals surface area (Å²) in [6, 6.07) is 7.50. The van der Waals surface area contributed by atoms with Gasteiger partial charge < -0.3 is 0 Å². The first-order valence-corrected chi connectivity index (χ1v) is 4.07. The molecule has 0 amide bonds. The number of halogens is 1. The minimum atomic E-state index is -0.419. The van der Waals surface area contributed by atoms with Gasteiger partial charge >= 0.3 is 0 Å². The monoisotopic (exact) mass is 190 g/mol. The Morgan fingerprint density at radius 3 is 2.71 bits per heavy atom. The highest BCUT2D eigenvalue weighted by atomic mass is 19.1. The summed E-state index contributed by atoms with van der Waals surface area (Å²) in [7, 11) is 0. The van der Waals surface area contributed by atoms with Gasteiger partial charge in [0.15, 0.2) is 0 Å². The first-order valence-electron chi connectivity index (χ1n) is 4.07. The Morgan fingerprint density at radius 2 is 2.07 bits per heavy atom. The predicted molar refractivity (Wildman–Crippen MR) is 49.8 cm³/mol. The summed E-state index contributed by atoms with van der Waals surface area (Å²) in [5, 5.41) is 0. The first kappa shape index (κ1) is 8.62. The molecule has 0 atom stereocenters. The quantitative estimate of drug-likeness (QED) is 0.680. The van der Waals surface area contributed by atoms with Crippen LogP contribution < -0.4 is 5.56 Å². The normalized spacial score (nSPS) is 10.1. The summed E-state index contributed by atoms with van der Waals surface area (Å²) in [6.07, 6.45) is 2.66. The third-order valence-corrected chi connectivity index (χ3v) is 1.78. The molecule has 0 aromatic carbocycles. The fraction of sp³-hybridized carbons (Fsp3) is 0. The van der Waals surface area contributed by atoms with Gasteiger partial charge in [-0.3, -0.25) is 9.36 Å². The average Bonchev–Trinajstić information content (AvgIpc) is 2.20. The Kier molecular flexibility index (Phi) is 2.10. The van der Waals surface area contributed by atoms with Crippen LogP contribution in [-0.2, 0) is 0 Å². The highest BCUT2D eigenvalue weighted by molar-refractivity contribution is 5.22. The molecule has 0 saturated heterocycles. The van der Waals surface area contributed by atoms with Crippen molar-refractivity contribution in [3.63, 3.8) is 0 Å². The van der Waals surface area contributed by atoms with E-state index in [0.717, 1.165) is 6.20 Å². The van der Waals surface area contributed by atoms with Crippen molar-refractivity contribution in [2.45, 2.75) is 0 Å². The van der Waals surface area contributed by atoms with Crippen molar-refractivity contribution in [3.05, 3.63) is 58.9 Å². The minimum Gasteiger partial charge on any atom is -0.269 e. The Bertz CT molecular complexity index is 490. The van der Waals surface area contributed by atoms with Gasteiger partial charge in [0.1, 0.15) is 11.6 Å². The lowest BCUT2D eigenvalue weighted by atomic mass is 10.4. The molecule has 0 bridgehead atoms. The van der Waals surface area contributed by atoms with E-state index < -0.39 is 5.82 Å². The molecule has 2 aromatic heterocycles. The van der Waals surface area contributed by atoms with E-state index in [1.54, 1.807) is 18.3 Å². The van der Waals surface area contributed by atoms with E-state index in [2.05, 4.69) is 4.98 Å². The number of aromatic nitrogens is 2. The fourth-order valence-corrected chi connectivity index (χ4v) is 1.13. The summed E-state index contributed by atoms with van der Waals surface area (Å²) in [6.45, 7) is 0. The van der Waals surface area contributed by atoms with Crippen LogP contribution in [0.25, 0.3) is 5.82 Å². The number of pyridine rings is 2. The average molecular weight is 190 g/mol. The molecular formula is C10H7FN2O. The van der Waals surface area contributed by atoms with Crippen molar-refractivity contribution >= 4 is 0 Å². The van der Waals surface area contributed by atoms with Crippen LogP contribution in [0.4, 0.5) is 4.39 Å². The molecule has 0 N–H and O–H groups in total. The molecular weight excluding hydrogens is 183 g/mol. The van der Waals surface area contributed by atoms with E-state index in [1.165, 1.54) is 22.8 Å². The standard InChI is InChI=1S/C10H7FN2O/c11-8-4-5-9(12-7-8)13-6-2-1-3-10(13)14/h1-7H. The summed E-state index contributed by atoms with van der Waals surface area (Å²) in [5.74, 6) is -0.00488. The van der Waals surface area contributed by atoms with E-state index in [9.17, 15) is 9.18 Å². The second-order valence-electron chi connectivity index (χ2n) is 2.74. The molecule has 0 aliphatic carbocycles. The van der Waals surface area contributed by atoms with E-state index in [1.807, 2.05) is 0 Å². The molecule has 3 nitrogen and oxygen atoms in total. The van der Waals surface area contributed by atoms with Crippen molar-refractivity contribution < 1.29 is 4.39 Å². The van der Waals surface area contributed by atoms with Crippen molar-refractivity contribution in [3.8, 4) is 5.82 Å². The highest BCUT2D eigenvalue weighted by Gasteiger charge is 1.98. The largest absolute Gasteiger partial charge is 0.269 e. The minimum absolute atomic E-state index is 0.188. The van der Waals surface area contributed by atoms with Crippen LogP contribution in [0, 0.1) is 5.82 Å². The molecule has 0 fully saturated rings. The Morgan fingerprint density at radius 1 is 1.21 bits per heavy atom. The second-order valence-corrected chi connectivity index (χ2v) is 2.74. The Hall–Kier alpha value is -1.97. The molecule has 0 aliphatic rings. The number of nitrogens with zero attached hydrogens (tertiary/aromatic N) is 2. The van der Waals surface area contributed by atoms with Crippen LogP contribution in [0.1, 0.15) is 0 Å². The van der Waals surface area contributed by atoms with E-state index >= 15 is 0 Å². The SMILES string of the molecule is O=c1ccccn1-c1ccc(F)cn1. The molecule has 0 unspecified atom stereocenters. The Balaban J connectivity index is 2.56. The van der Waals surface area contributed by atoms with Crippen molar-refractivity contribution in [2.24, 2.45) is 0 Å². The second kappa shape index (κ2) is 3.41. The topological polar surface area (TPSA) is 34.9 Å². The predicted octanol–water partition coefficient (Wildman–Crippen LogP) is 1.37. The summed E-state index contributed by atoms with van der Waals surface area (Å²) < 4.78 is 13.9. The maximum Gasteiger partial charge on any atom is 0.256 e. The van der Waals surface area contributed by atoms with E-state index in [0.29, 0.717) is 5.82 Å². The number of hydrogen-bond acceptors (Lipinski definition) is 2. The van der Waals surface area contributed by atoms with Crippen molar-refractivity contribution in [1.29, 1.82) is 0 Å². The van der Waals surface area contributed by atoms with Crippen LogP contribution in [0.15, 0.2) is 47.5 Å². The smallest absolute Gasteiger partial charge is 0.256 e. The molecule has 2 heterocycles. The van der Waals surface area contributed by atoms with Crippen LogP contribution in [0.2, 0.25) is 0 Å². The lowest BCUT2D eigenvalue weighted by Crippen LogP contribution is -2.16. The zero-order chi connectivity index (χ0) is 9.97. The zero-order valence-electron chi connectivity index (χ0n) is 7.22. The van der Waals surface area contributed by atoms with E-state index in [4.69, 9.17) is 0 Å². The summed E-state index contributed by atoms with van der Waals surface area (Å²) in [5.41, 5.74) is -0.188. The van der Waals surface area contributed by atoms with Gasteiger partial charge in [-0.1, -0.05) is 6.07 Å². The summed E-state index contributed by atoms with van der Waals surface area (Å²) in [4.78, 5) is 15.1. The first-order chi connectivity index (χ1) is 6.77. The molecule has 2 rings (SSSR count). The van der Waals surface area contributed by atoms with Gasteiger partial charge in [0.2, 0.25) is 0 Å². The molecule has 14 heavy (non-hydrogen) atoms. The van der Waals surface area contributed by atoms with E-state index in [-0.39, 0.29) is 5.56 Å². The lowest BCUT2D eigenvalue weighted by molar-refractivity contribution is 0.620. The molecule has 0 radical (unpaired) electrons. The van der Waals surface area contributed by atoms with Gasteiger partial charge in [-0.25, -0.2) is 9.37 Å². The summed E-state index contributed by atoms with van der Waals surface area (Å²) >= 11 is 0. The van der Waals surface area contributed by atoms with Crippen LogP contribution in [0.5, 0.6) is 0 Å². The van der Waals surface area contributed by atoms with Gasteiger partial charge in [0, 0.05) is 12.3 Å². The zero-order valence-corrected chi connectivity index (χ0v) is 7.22.